The first-order valence-corrected chi connectivity index (χ1v) is 8.58. The predicted molar refractivity (Wildman–Crippen MR) is 105 cm³/mol. The van der Waals surface area contributed by atoms with Gasteiger partial charge in [-0.1, -0.05) is 55.1 Å². The normalized spacial score (nSPS) is 11.0. The van der Waals surface area contributed by atoms with Crippen molar-refractivity contribution in [2.75, 3.05) is 0 Å². The maximum Gasteiger partial charge on any atom is 0.166 e. The summed E-state index contributed by atoms with van der Waals surface area (Å²) in [4.78, 5) is 0. The molecule has 0 aliphatic heterocycles. The number of benzene rings is 4. The van der Waals surface area contributed by atoms with E-state index < -0.39 is 23.3 Å². The molecule has 4 rings (SSSR count). The number of hydrogen-bond donors (Lipinski definition) is 0. The predicted octanol–water partition coefficient (Wildman–Crippen LogP) is 7.37. The van der Waals surface area contributed by atoms with Crippen molar-refractivity contribution in [2.45, 2.75) is 0 Å². The van der Waals surface area contributed by atoms with Crippen molar-refractivity contribution in [3.8, 4) is 22.3 Å². The second-order valence-electron chi connectivity index (χ2n) is 6.44. The minimum Gasteiger partial charge on any atom is -0.206 e. The lowest BCUT2D eigenvalue weighted by molar-refractivity contribution is 0.517. The van der Waals surface area contributed by atoms with E-state index in [9.17, 15) is 17.6 Å². The van der Waals surface area contributed by atoms with Gasteiger partial charge in [0, 0.05) is 16.5 Å². The topological polar surface area (TPSA) is 0 Å². The van der Waals surface area contributed by atoms with Crippen LogP contribution in [0.3, 0.4) is 0 Å². The maximum absolute atomic E-state index is 14.8. The van der Waals surface area contributed by atoms with Crippen LogP contribution in [0.15, 0.2) is 73.3 Å². The largest absolute Gasteiger partial charge is 0.206 e. The Kier molecular flexibility index (Phi) is 4.47. The third-order valence-corrected chi connectivity index (χ3v) is 4.73. The van der Waals surface area contributed by atoms with Crippen LogP contribution in [-0.4, -0.2) is 0 Å². The van der Waals surface area contributed by atoms with Gasteiger partial charge in [-0.25, -0.2) is 17.6 Å². The standard InChI is InChI=1S/C24H14F4/c1-2-14-3-7-18(22(26)11-14)17-4-8-19(23(27)13-17)15-5-9-20-16(12-15)6-10-21(25)24(20)28/h2-13H,1H2. The molecule has 4 aromatic rings. The molecule has 0 radical (unpaired) electrons. The highest BCUT2D eigenvalue weighted by Gasteiger charge is 2.13. The molecule has 0 nitrogen and oxygen atoms in total. The number of rotatable bonds is 3. The van der Waals surface area contributed by atoms with E-state index in [0.29, 0.717) is 27.6 Å². The smallest absolute Gasteiger partial charge is 0.166 e. The minimum atomic E-state index is -0.932. The van der Waals surface area contributed by atoms with Crippen molar-refractivity contribution in [1.29, 1.82) is 0 Å². The average Bonchev–Trinajstić information content (AvgIpc) is 2.70. The van der Waals surface area contributed by atoms with Crippen LogP contribution in [0.5, 0.6) is 0 Å². The fourth-order valence-electron chi connectivity index (χ4n) is 3.24. The Morgan fingerprint density at radius 2 is 1.25 bits per heavy atom. The van der Waals surface area contributed by atoms with Gasteiger partial charge in [-0.3, -0.25) is 0 Å². The van der Waals surface area contributed by atoms with Crippen molar-refractivity contribution in [2.24, 2.45) is 0 Å². The van der Waals surface area contributed by atoms with Crippen molar-refractivity contribution < 1.29 is 17.6 Å². The van der Waals surface area contributed by atoms with Gasteiger partial charge < -0.3 is 0 Å². The molecule has 0 N–H and O–H groups in total. The van der Waals surface area contributed by atoms with Gasteiger partial charge in [0.1, 0.15) is 11.6 Å². The molecule has 0 aliphatic rings. The van der Waals surface area contributed by atoms with Gasteiger partial charge in [-0.05, 0) is 46.3 Å². The zero-order valence-electron chi connectivity index (χ0n) is 14.6. The van der Waals surface area contributed by atoms with Crippen molar-refractivity contribution in [1.82, 2.24) is 0 Å². The summed E-state index contributed by atoms with van der Waals surface area (Å²) in [6.07, 6.45) is 1.53. The lowest BCUT2D eigenvalue weighted by atomic mass is 9.97. The van der Waals surface area contributed by atoms with Crippen LogP contribution in [0.1, 0.15) is 5.56 Å². The Morgan fingerprint density at radius 3 is 1.93 bits per heavy atom. The van der Waals surface area contributed by atoms with E-state index in [1.807, 2.05) is 0 Å². The van der Waals surface area contributed by atoms with Gasteiger partial charge in [-0.2, -0.15) is 0 Å². The van der Waals surface area contributed by atoms with E-state index in [0.717, 1.165) is 6.07 Å². The van der Waals surface area contributed by atoms with Gasteiger partial charge in [0.15, 0.2) is 11.6 Å². The van der Waals surface area contributed by atoms with Gasteiger partial charge in [0.25, 0.3) is 0 Å². The molecule has 0 bridgehead atoms. The fraction of sp³-hybridized carbons (Fsp3) is 0. The quantitative estimate of drug-likeness (QED) is 0.326. The van der Waals surface area contributed by atoms with Crippen molar-refractivity contribution >= 4 is 16.8 Å². The fourth-order valence-corrected chi connectivity index (χ4v) is 3.24. The molecule has 0 atom stereocenters. The number of halogens is 4. The van der Waals surface area contributed by atoms with E-state index in [1.165, 1.54) is 36.4 Å². The molecule has 4 aromatic carbocycles. The molecule has 28 heavy (non-hydrogen) atoms. The van der Waals surface area contributed by atoms with Gasteiger partial charge >= 0.3 is 0 Å². The van der Waals surface area contributed by atoms with Crippen LogP contribution in [-0.2, 0) is 0 Å². The molecule has 138 valence electrons. The maximum atomic E-state index is 14.8. The first-order valence-electron chi connectivity index (χ1n) is 8.58. The lowest BCUT2D eigenvalue weighted by Crippen LogP contribution is -1.91. The molecule has 0 fully saturated rings. The molecule has 0 amide bonds. The molecule has 0 aromatic heterocycles. The third kappa shape index (κ3) is 3.07. The molecular weight excluding hydrogens is 364 g/mol. The van der Waals surface area contributed by atoms with Crippen LogP contribution in [0, 0.1) is 23.3 Å². The zero-order chi connectivity index (χ0) is 19.8. The number of fused-ring (bicyclic) bond motifs is 1. The number of hydrogen-bond acceptors (Lipinski definition) is 0. The van der Waals surface area contributed by atoms with Crippen LogP contribution >= 0.6 is 0 Å². The summed E-state index contributed by atoms with van der Waals surface area (Å²) in [5, 5.41) is 0.594. The summed E-state index contributed by atoms with van der Waals surface area (Å²) >= 11 is 0. The Hall–Kier alpha value is -3.40. The van der Waals surface area contributed by atoms with E-state index in [-0.39, 0.29) is 10.9 Å². The highest BCUT2D eigenvalue weighted by atomic mass is 19.2. The lowest BCUT2D eigenvalue weighted by Gasteiger charge is -2.10. The SMILES string of the molecule is C=Cc1ccc(-c2ccc(-c3ccc4c(F)c(F)ccc4c3)c(F)c2)c(F)c1. The van der Waals surface area contributed by atoms with E-state index in [4.69, 9.17) is 0 Å². The first-order chi connectivity index (χ1) is 13.5. The summed E-state index contributed by atoms with van der Waals surface area (Å²) in [7, 11) is 0. The monoisotopic (exact) mass is 378 g/mol. The van der Waals surface area contributed by atoms with E-state index in [1.54, 1.807) is 30.3 Å². The average molecular weight is 378 g/mol. The summed E-state index contributed by atoms with van der Waals surface area (Å²) in [6, 6.07) is 16.1. The molecule has 0 saturated carbocycles. The van der Waals surface area contributed by atoms with Gasteiger partial charge in [-0.15, -0.1) is 0 Å². The Balaban J connectivity index is 1.77. The van der Waals surface area contributed by atoms with Crippen LogP contribution in [0.25, 0.3) is 39.1 Å². The highest BCUT2D eigenvalue weighted by Crippen LogP contribution is 2.32. The molecule has 4 heteroatoms. The van der Waals surface area contributed by atoms with E-state index >= 15 is 0 Å². The van der Waals surface area contributed by atoms with Gasteiger partial charge in [0.2, 0.25) is 0 Å². The van der Waals surface area contributed by atoms with Crippen LogP contribution in [0.4, 0.5) is 17.6 Å². The first kappa shape index (κ1) is 18.0. The molecule has 0 aliphatic carbocycles. The Morgan fingerprint density at radius 1 is 0.607 bits per heavy atom. The molecule has 0 saturated heterocycles. The molecule has 0 spiro atoms. The van der Waals surface area contributed by atoms with Crippen molar-refractivity contribution in [3.63, 3.8) is 0 Å². The summed E-state index contributed by atoms with van der Waals surface area (Å²) in [5.41, 5.74) is 2.14. The second kappa shape index (κ2) is 6.97. The Labute approximate surface area is 159 Å². The van der Waals surface area contributed by atoms with Crippen molar-refractivity contribution in [3.05, 3.63) is 102 Å². The zero-order valence-corrected chi connectivity index (χ0v) is 14.6. The van der Waals surface area contributed by atoms with Gasteiger partial charge in [0.05, 0.1) is 0 Å². The minimum absolute atomic E-state index is 0.130. The molecule has 0 heterocycles. The summed E-state index contributed by atoms with van der Waals surface area (Å²) in [6.45, 7) is 3.59. The third-order valence-electron chi connectivity index (χ3n) is 4.73. The molecule has 0 unspecified atom stereocenters. The summed E-state index contributed by atoms with van der Waals surface area (Å²) < 4.78 is 56.3. The summed E-state index contributed by atoms with van der Waals surface area (Å²) in [5.74, 6) is -2.86. The van der Waals surface area contributed by atoms with E-state index in [2.05, 4.69) is 6.58 Å². The Bertz CT molecular complexity index is 1220. The molecular formula is C24H14F4. The van der Waals surface area contributed by atoms with Crippen LogP contribution in [0.2, 0.25) is 0 Å². The van der Waals surface area contributed by atoms with Crippen LogP contribution < -0.4 is 0 Å². The highest BCUT2D eigenvalue weighted by molar-refractivity contribution is 5.88. The second-order valence-corrected chi connectivity index (χ2v) is 6.44.